The zero-order valence-corrected chi connectivity index (χ0v) is 13.6. The molecule has 0 aliphatic rings. The average molecular weight is 365 g/mol. The number of aryl methyl sites for hydroxylation is 1. The Hall–Kier alpha value is -1.67. The summed E-state index contributed by atoms with van der Waals surface area (Å²) in [6, 6.07) is 2.85. The molecule has 0 aliphatic heterocycles. The topological polar surface area (TPSA) is 3.24 Å². The summed E-state index contributed by atoms with van der Waals surface area (Å²) in [6.07, 6.45) is -0.410. The first-order valence-corrected chi connectivity index (χ1v) is 7.63. The van der Waals surface area contributed by atoms with Gasteiger partial charge in [-0.15, -0.1) is 0 Å². The van der Waals surface area contributed by atoms with Crippen LogP contribution in [0.25, 0.3) is 0 Å². The fourth-order valence-corrected chi connectivity index (χ4v) is 2.98. The Bertz CT molecular complexity index is 763. The lowest BCUT2D eigenvalue weighted by molar-refractivity contribution is 0.391. The van der Waals surface area contributed by atoms with E-state index in [0.29, 0.717) is 18.0 Å². The highest BCUT2D eigenvalue weighted by Gasteiger charge is 2.26. The molecule has 24 heavy (non-hydrogen) atoms. The normalized spacial score (nSPS) is 11.4. The van der Waals surface area contributed by atoms with E-state index in [1.54, 1.807) is 0 Å². The lowest BCUT2D eigenvalue weighted by Gasteiger charge is -2.16. The second-order valence-electron chi connectivity index (χ2n) is 5.20. The maximum atomic E-state index is 14.1. The van der Waals surface area contributed by atoms with Crippen LogP contribution >= 0.6 is 11.9 Å². The summed E-state index contributed by atoms with van der Waals surface area (Å²) in [5.41, 5.74) is -0.337. The largest absolute Gasteiger partial charge is 0.252 e. The summed E-state index contributed by atoms with van der Waals surface area (Å²) in [7, 11) is 3.04. The zero-order valence-electron chi connectivity index (χ0n) is 12.8. The molecule has 0 saturated carbocycles. The van der Waals surface area contributed by atoms with Crippen LogP contribution in [-0.4, -0.2) is 18.4 Å². The molecule has 0 bridgehead atoms. The van der Waals surface area contributed by atoms with Gasteiger partial charge in [-0.1, -0.05) is 6.07 Å². The standard InChI is InChI=1S/C16H13F6NS/c1-23(2)24-16-10(12(19)13(20)14(21)15(16)22)6-4-8-3-5-9(17)7-11(8)18/h3,5,7H,4,6H2,1-2H3. The molecule has 130 valence electrons. The fourth-order valence-electron chi connectivity index (χ4n) is 2.14. The third kappa shape index (κ3) is 3.87. The van der Waals surface area contributed by atoms with Gasteiger partial charge in [-0.05, 0) is 50.5 Å². The predicted molar refractivity (Wildman–Crippen MR) is 79.6 cm³/mol. The van der Waals surface area contributed by atoms with Crippen molar-refractivity contribution in [1.82, 2.24) is 4.31 Å². The van der Waals surface area contributed by atoms with E-state index in [1.165, 1.54) is 18.4 Å². The molecule has 0 radical (unpaired) electrons. The Labute approximate surface area is 139 Å². The highest BCUT2D eigenvalue weighted by atomic mass is 32.2. The van der Waals surface area contributed by atoms with E-state index < -0.39 is 45.4 Å². The molecular weight excluding hydrogens is 352 g/mol. The van der Waals surface area contributed by atoms with Gasteiger partial charge in [-0.2, -0.15) is 0 Å². The average Bonchev–Trinajstić information content (AvgIpc) is 2.51. The second kappa shape index (κ2) is 7.48. The first kappa shape index (κ1) is 18.7. The molecule has 0 atom stereocenters. The minimum Gasteiger partial charge on any atom is -0.252 e. The molecule has 0 saturated heterocycles. The Morgan fingerprint density at radius 1 is 0.833 bits per heavy atom. The van der Waals surface area contributed by atoms with Gasteiger partial charge in [0.2, 0.25) is 0 Å². The van der Waals surface area contributed by atoms with E-state index in [1.807, 2.05) is 0 Å². The van der Waals surface area contributed by atoms with Crippen molar-refractivity contribution in [3.8, 4) is 0 Å². The fraction of sp³-hybridized carbons (Fsp3) is 0.250. The van der Waals surface area contributed by atoms with Crippen LogP contribution in [0.4, 0.5) is 26.3 Å². The van der Waals surface area contributed by atoms with Crippen molar-refractivity contribution < 1.29 is 26.3 Å². The number of hydrogen-bond acceptors (Lipinski definition) is 2. The predicted octanol–water partition coefficient (Wildman–Crippen LogP) is 4.88. The van der Waals surface area contributed by atoms with E-state index in [0.717, 1.165) is 12.1 Å². The molecular formula is C16H13F6NS. The van der Waals surface area contributed by atoms with Gasteiger partial charge in [0.25, 0.3) is 0 Å². The summed E-state index contributed by atoms with van der Waals surface area (Å²) in [4.78, 5) is -0.404. The third-order valence-corrected chi connectivity index (χ3v) is 4.22. The van der Waals surface area contributed by atoms with Crippen LogP contribution in [-0.2, 0) is 12.8 Å². The monoisotopic (exact) mass is 365 g/mol. The molecule has 1 nitrogen and oxygen atoms in total. The van der Waals surface area contributed by atoms with Crippen LogP contribution in [0.1, 0.15) is 11.1 Å². The number of rotatable bonds is 5. The Morgan fingerprint density at radius 3 is 2.04 bits per heavy atom. The van der Waals surface area contributed by atoms with Gasteiger partial charge in [-0.25, -0.2) is 26.3 Å². The van der Waals surface area contributed by atoms with Crippen molar-refractivity contribution in [3.63, 3.8) is 0 Å². The molecule has 0 N–H and O–H groups in total. The highest BCUT2D eigenvalue weighted by molar-refractivity contribution is 7.97. The molecule has 2 aromatic carbocycles. The maximum Gasteiger partial charge on any atom is 0.198 e. The van der Waals surface area contributed by atoms with Crippen LogP contribution in [0.5, 0.6) is 0 Å². The van der Waals surface area contributed by atoms with Gasteiger partial charge in [0.05, 0.1) is 4.90 Å². The van der Waals surface area contributed by atoms with E-state index in [-0.39, 0.29) is 18.4 Å². The van der Waals surface area contributed by atoms with Crippen LogP contribution in [0.2, 0.25) is 0 Å². The molecule has 0 heterocycles. The summed E-state index contributed by atoms with van der Waals surface area (Å²) >= 11 is 0.688. The number of hydrogen-bond donors (Lipinski definition) is 0. The van der Waals surface area contributed by atoms with Crippen molar-refractivity contribution in [1.29, 1.82) is 0 Å². The van der Waals surface area contributed by atoms with E-state index in [4.69, 9.17) is 0 Å². The minimum atomic E-state index is -1.91. The summed E-state index contributed by atoms with van der Waals surface area (Å²) in [6.45, 7) is 0. The van der Waals surface area contributed by atoms with Crippen LogP contribution in [0, 0.1) is 34.9 Å². The SMILES string of the molecule is CN(C)Sc1c(F)c(F)c(F)c(F)c1CCc1ccc(F)cc1F. The first-order chi connectivity index (χ1) is 11.2. The van der Waals surface area contributed by atoms with E-state index in [2.05, 4.69) is 0 Å². The van der Waals surface area contributed by atoms with Crippen LogP contribution in [0.3, 0.4) is 0 Å². The van der Waals surface area contributed by atoms with E-state index >= 15 is 0 Å². The molecule has 8 heteroatoms. The number of nitrogens with zero attached hydrogens (tertiary/aromatic N) is 1. The molecule has 0 aromatic heterocycles. The number of halogens is 6. The van der Waals surface area contributed by atoms with Gasteiger partial charge in [-0.3, -0.25) is 4.31 Å². The van der Waals surface area contributed by atoms with E-state index in [9.17, 15) is 26.3 Å². The molecule has 0 fully saturated rings. The van der Waals surface area contributed by atoms with Gasteiger partial charge in [0.15, 0.2) is 23.3 Å². The lowest BCUT2D eigenvalue weighted by Crippen LogP contribution is -2.10. The van der Waals surface area contributed by atoms with Crippen molar-refractivity contribution in [2.24, 2.45) is 0 Å². The van der Waals surface area contributed by atoms with Crippen molar-refractivity contribution >= 4 is 11.9 Å². The number of benzene rings is 2. The smallest absolute Gasteiger partial charge is 0.198 e. The summed E-state index contributed by atoms with van der Waals surface area (Å²) in [5, 5.41) is 0. The maximum absolute atomic E-state index is 14.1. The summed E-state index contributed by atoms with van der Waals surface area (Å²) in [5.74, 6) is -8.44. The minimum absolute atomic E-state index is 0.0572. The van der Waals surface area contributed by atoms with Crippen molar-refractivity contribution in [2.45, 2.75) is 17.7 Å². The molecule has 0 spiro atoms. The van der Waals surface area contributed by atoms with Crippen LogP contribution in [0.15, 0.2) is 23.1 Å². The lowest BCUT2D eigenvalue weighted by atomic mass is 10.0. The molecule has 2 rings (SSSR count). The second-order valence-corrected chi connectivity index (χ2v) is 6.52. The van der Waals surface area contributed by atoms with Gasteiger partial charge >= 0.3 is 0 Å². The molecule has 0 unspecified atom stereocenters. The highest BCUT2D eigenvalue weighted by Crippen LogP contribution is 2.33. The molecule has 0 aliphatic carbocycles. The Kier molecular flexibility index (Phi) is 5.82. The van der Waals surface area contributed by atoms with Crippen molar-refractivity contribution in [2.75, 3.05) is 14.1 Å². The Balaban J connectivity index is 2.41. The van der Waals surface area contributed by atoms with Gasteiger partial charge in [0.1, 0.15) is 11.6 Å². The molecule has 0 amide bonds. The quantitative estimate of drug-likeness (QED) is 0.322. The van der Waals surface area contributed by atoms with Gasteiger partial charge < -0.3 is 0 Å². The third-order valence-electron chi connectivity index (χ3n) is 3.25. The zero-order chi connectivity index (χ0) is 18.0. The molecule has 2 aromatic rings. The van der Waals surface area contributed by atoms with Crippen LogP contribution < -0.4 is 0 Å². The first-order valence-electron chi connectivity index (χ1n) is 6.86. The van der Waals surface area contributed by atoms with Crippen molar-refractivity contribution in [3.05, 3.63) is 64.2 Å². The van der Waals surface area contributed by atoms with Gasteiger partial charge in [0, 0.05) is 11.6 Å². The summed E-state index contributed by atoms with van der Waals surface area (Å²) < 4.78 is 82.8. The Morgan fingerprint density at radius 2 is 1.46 bits per heavy atom.